The van der Waals surface area contributed by atoms with Gasteiger partial charge in [0, 0.05) is 6.04 Å². The van der Waals surface area contributed by atoms with Crippen molar-refractivity contribution in [3.63, 3.8) is 0 Å². The van der Waals surface area contributed by atoms with Crippen LogP contribution in [0.25, 0.3) is 0 Å². The first kappa shape index (κ1) is 17.4. The Hall–Kier alpha value is -1.40. The molecule has 1 aromatic rings. The second-order valence-electron chi connectivity index (χ2n) is 7.16. The molecule has 0 bridgehead atoms. The minimum atomic E-state index is -3.29. The summed E-state index contributed by atoms with van der Waals surface area (Å²) in [6.45, 7) is 0. The molecule has 24 heavy (non-hydrogen) atoms. The first-order chi connectivity index (χ1) is 11.4. The molecule has 132 valence electrons. The highest BCUT2D eigenvalue weighted by Crippen LogP contribution is 2.29. The number of hydrogen-bond acceptors (Lipinski definition) is 3. The van der Waals surface area contributed by atoms with Gasteiger partial charge in [0.2, 0.25) is 10.0 Å². The van der Waals surface area contributed by atoms with Crippen LogP contribution in [0.3, 0.4) is 0 Å². The zero-order valence-corrected chi connectivity index (χ0v) is 14.6. The second kappa shape index (κ2) is 7.23. The van der Waals surface area contributed by atoms with Crippen molar-refractivity contribution in [2.75, 3.05) is 5.75 Å². The fourth-order valence-corrected chi connectivity index (χ4v) is 5.45. The number of rotatable bonds is 6. The smallest absolute Gasteiger partial charge is 0.306 e. The normalized spacial score (nSPS) is 24.7. The zero-order valence-electron chi connectivity index (χ0n) is 13.8. The van der Waals surface area contributed by atoms with Gasteiger partial charge in [-0.05, 0) is 62.0 Å². The summed E-state index contributed by atoms with van der Waals surface area (Å²) >= 11 is 0. The summed E-state index contributed by atoms with van der Waals surface area (Å²) in [6.07, 6.45) is 4.95. The average Bonchev–Trinajstić information content (AvgIpc) is 2.96. The van der Waals surface area contributed by atoms with Crippen molar-refractivity contribution in [1.82, 2.24) is 4.72 Å². The maximum Gasteiger partial charge on any atom is 0.306 e. The predicted octanol–water partition coefficient (Wildman–Crippen LogP) is 2.35. The Morgan fingerprint density at radius 3 is 2.21 bits per heavy atom. The van der Waals surface area contributed by atoms with Crippen molar-refractivity contribution >= 4 is 16.0 Å². The molecule has 0 saturated heterocycles. The highest BCUT2D eigenvalue weighted by molar-refractivity contribution is 7.89. The van der Waals surface area contributed by atoms with E-state index in [2.05, 4.69) is 16.9 Å². The molecule has 0 heterocycles. The largest absolute Gasteiger partial charge is 0.481 e. The molecule has 1 saturated carbocycles. The van der Waals surface area contributed by atoms with Crippen LogP contribution >= 0.6 is 0 Å². The Bertz CT molecular complexity index is 668. The van der Waals surface area contributed by atoms with E-state index in [1.807, 2.05) is 12.1 Å². The lowest BCUT2D eigenvalue weighted by atomic mass is 9.87. The van der Waals surface area contributed by atoms with E-state index >= 15 is 0 Å². The summed E-state index contributed by atoms with van der Waals surface area (Å²) in [5, 5.41) is 9.00. The number of hydrogen-bond donors (Lipinski definition) is 2. The van der Waals surface area contributed by atoms with Gasteiger partial charge >= 0.3 is 5.97 Å². The first-order valence-electron chi connectivity index (χ1n) is 8.72. The Kier molecular flexibility index (Phi) is 5.25. The molecule has 0 spiro atoms. The molecule has 0 unspecified atom stereocenters. The monoisotopic (exact) mass is 351 g/mol. The van der Waals surface area contributed by atoms with Crippen molar-refractivity contribution in [2.45, 2.75) is 51.0 Å². The van der Waals surface area contributed by atoms with Crippen molar-refractivity contribution in [2.24, 2.45) is 11.8 Å². The van der Waals surface area contributed by atoms with Gasteiger partial charge in [0.05, 0.1) is 11.7 Å². The van der Waals surface area contributed by atoms with Crippen molar-refractivity contribution in [1.29, 1.82) is 0 Å². The first-order valence-corrected chi connectivity index (χ1v) is 10.4. The molecule has 0 aromatic heterocycles. The Labute approximate surface area is 143 Å². The molecule has 1 aromatic carbocycles. The van der Waals surface area contributed by atoms with E-state index in [0.717, 1.165) is 12.8 Å². The van der Waals surface area contributed by atoms with Gasteiger partial charge in [-0.1, -0.05) is 24.3 Å². The van der Waals surface area contributed by atoms with Gasteiger partial charge in [-0.2, -0.15) is 0 Å². The van der Waals surface area contributed by atoms with E-state index in [4.69, 9.17) is 5.11 Å². The van der Waals surface area contributed by atoms with Gasteiger partial charge in [-0.15, -0.1) is 0 Å². The van der Waals surface area contributed by atoms with Crippen LogP contribution in [0, 0.1) is 11.8 Å². The third kappa shape index (κ3) is 4.36. The maximum absolute atomic E-state index is 12.3. The van der Waals surface area contributed by atoms with Crippen LogP contribution in [0.1, 0.15) is 43.2 Å². The summed E-state index contributed by atoms with van der Waals surface area (Å²) in [5.74, 6) is -0.522. The minimum Gasteiger partial charge on any atom is -0.481 e. The summed E-state index contributed by atoms with van der Waals surface area (Å²) < 4.78 is 27.4. The van der Waals surface area contributed by atoms with Crippen molar-refractivity contribution in [3.05, 3.63) is 35.4 Å². The molecule has 1 fully saturated rings. The summed E-state index contributed by atoms with van der Waals surface area (Å²) in [4.78, 5) is 11.0. The number of benzene rings is 1. The molecular formula is C18H25NO4S. The van der Waals surface area contributed by atoms with Crippen LogP contribution in [0.2, 0.25) is 0 Å². The molecule has 0 amide bonds. The summed E-state index contributed by atoms with van der Waals surface area (Å²) in [7, 11) is -3.29. The van der Waals surface area contributed by atoms with Crippen LogP contribution in [0.5, 0.6) is 0 Å². The average molecular weight is 351 g/mol. The molecule has 6 heteroatoms. The van der Waals surface area contributed by atoms with E-state index in [9.17, 15) is 13.2 Å². The lowest BCUT2D eigenvalue weighted by Gasteiger charge is -2.26. The van der Waals surface area contributed by atoms with Crippen LogP contribution in [0.4, 0.5) is 0 Å². The standard InChI is InChI=1S/C18H25NO4S/c20-18(21)14-5-7-17(8-6-14)19-24(22,23)10-9-13-11-15-3-1-2-4-16(15)12-13/h1-4,13-14,17,19H,5-12H2,(H,20,21). The van der Waals surface area contributed by atoms with Crippen LogP contribution < -0.4 is 4.72 Å². The van der Waals surface area contributed by atoms with E-state index in [1.54, 1.807) is 0 Å². The summed E-state index contributed by atoms with van der Waals surface area (Å²) in [5.41, 5.74) is 2.69. The van der Waals surface area contributed by atoms with E-state index < -0.39 is 16.0 Å². The fourth-order valence-electron chi connectivity index (χ4n) is 3.95. The number of carboxylic acid groups (broad SMARTS) is 1. The van der Waals surface area contributed by atoms with Crippen molar-refractivity contribution < 1.29 is 18.3 Å². The lowest BCUT2D eigenvalue weighted by molar-refractivity contribution is -0.142. The molecule has 0 radical (unpaired) electrons. The third-order valence-electron chi connectivity index (χ3n) is 5.35. The van der Waals surface area contributed by atoms with Gasteiger partial charge in [0.15, 0.2) is 0 Å². The van der Waals surface area contributed by atoms with E-state index in [1.165, 1.54) is 11.1 Å². The van der Waals surface area contributed by atoms with Gasteiger partial charge in [-0.3, -0.25) is 4.79 Å². The van der Waals surface area contributed by atoms with Gasteiger partial charge in [0.25, 0.3) is 0 Å². The van der Waals surface area contributed by atoms with Crippen LogP contribution in [-0.2, 0) is 27.7 Å². The highest BCUT2D eigenvalue weighted by Gasteiger charge is 2.29. The highest BCUT2D eigenvalue weighted by atomic mass is 32.2. The summed E-state index contributed by atoms with van der Waals surface area (Å²) in [6, 6.07) is 8.22. The molecular weight excluding hydrogens is 326 g/mol. The Morgan fingerprint density at radius 2 is 1.67 bits per heavy atom. The minimum absolute atomic E-state index is 0.105. The molecule has 2 N–H and O–H groups in total. The Balaban J connectivity index is 1.45. The third-order valence-corrected chi connectivity index (χ3v) is 6.82. The Morgan fingerprint density at radius 1 is 1.08 bits per heavy atom. The number of nitrogens with one attached hydrogen (secondary N) is 1. The van der Waals surface area contributed by atoms with Crippen LogP contribution in [-0.4, -0.2) is 31.3 Å². The van der Waals surface area contributed by atoms with Gasteiger partial charge in [-0.25, -0.2) is 13.1 Å². The number of fused-ring (bicyclic) bond motifs is 1. The SMILES string of the molecule is O=C(O)C1CCC(NS(=O)(=O)CCC2Cc3ccccc3C2)CC1. The topological polar surface area (TPSA) is 83.5 Å². The fraction of sp³-hybridized carbons (Fsp3) is 0.611. The van der Waals surface area contributed by atoms with Gasteiger partial charge in [0.1, 0.15) is 0 Å². The molecule has 5 nitrogen and oxygen atoms in total. The molecule has 2 aliphatic rings. The number of sulfonamides is 1. The van der Waals surface area contributed by atoms with Crippen LogP contribution in [0.15, 0.2) is 24.3 Å². The van der Waals surface area contributed by atoms with Crippen molar-refractivity contribution in [3.8, 4) is 0 Å². The predicted molar refractivity (Wildman–Crippen MR) is 92.3 cm³/mol. The van der Waals surface area contributed by atoms with Gasteiger partial charge < -0.3 is 5.11 Å². The lowest BCUT2D eigenvalue weighted by Crippen LogP contribution is -2.40. The molecule has 2 aliphatic carbocycles. The number of aliphatic carboxylic acids is 1. The zero-order chi connectivity index (χ0) is 17.2. The maximum atomic E-state index is 12.3. The molecule has 0 atom stereocenters. The molecule has 3 rings (SSSR count). The molecule has 0 aliphatic heterocycles. The second-order valence-corrected chi connectivity index (χ2v) is 9.03. The quantitative estimate of drug-likeness (QED) is 0.824. The van der Waals surface area contributed by atoms with E-state index in [0.29, 0.717) is 38.0 Å². The number of carboxylic acids is 1. The number of carbonyl (C=O) groups is 1. The van der Waals surface area contributed by atoms with E-state index in [-0.39, 0.29) is 17.7 Å².